The van der Waals surface area contributed by atoms with Gasteiger partial charge in [0, 0.05) is 24.4 Å². The number of halogens is 2. The fraction of sp³-hybridized carbons (Fsp3) is 0.111. The van der Waals surface area contributed by atoms with E-state index in [1.54, 1.807) is 49.5 Å². The molecule has 2 aromatic carbocycles. The van der Waals surface area contributed by atoms with Crippen LogP contribution in [0.4, 0.5) is 5.69 Å². The minimum Gasteiger partial charge on any atom is -0.355 e. The van der Waals surface area contributed by atoms with E-state index in [2.05, 4.69) is 10.6 Å². The van der Waals surface area contributed by atoms with Crippen molar-refractivity contribution in [3.8, 4) is 0 Å². The summed E-state index contributed by atoms with van der Waals surface area (Å²) in [6, 6.07) is 10.3. The maximum Gasteiger partial charge on any atom is 0.251 e. The summed E-state index contributed by atoms with van der Waals surface area (Å²) in [5.74, 6) is -0.546. The van der Waals surface area contributed by atoms with Gasteiger partial charge in [0.25, 0.3) is 5.91 Å². The van der Waals surface area contributed by atoms with Crippen LogP contribution in [0.15, 0.2) is 42.5 Å². The molecule has 2 amide bonds. The number of rotatable bonds is 4. The maximum atomic E-state index is 12.1. The van der Waals surface area contributed by atoms with Crippen LogP contribution in [0.5, 0.6) is 0 Å². The maximum absolute atomic E-state index is 12.1. The van der Waals surface area contributed by atoms with E-state index in [4.69, 9.17) is 23.2 Å². The van der Waals surface area contributed by atoms with Crippen LogP contribution < -0.4 is 10.6 Å². The summed E-state index contributed by atoms with van der Waals surface area (Å²) in [7, 11) is 1.55. The van der Waals surface area contributed by atoms with Gasteiger partial charge in [-0.05, 0) is 42.3 Å². The van der Waals surface area contributed by atoms with Gasteiger partial charge in [0.2, 0.25) is 5.91 Å². The molecule has 24 heavy (non-hydrogen) atoms. The average molecular weight is 363 g/mol. The molecule has 0 saturated carbocycles. The number of nitrogens with one attached hydrogen (secondary N) is 2. The lowest BCUT2D eigenvalue weighted by Crippen LogP contribution is -2.18. The van der Waals surface area contributed by atoms with E-state index in [-0.39, 0.29) is 11.8 Å². The Kier molecular flexibility index (Phi) is 6.01. The average Bonchev–Trinajstić information content (AvgIpc) is 2.57. The van der Waals surface area contributed by atoms with Crippen LogP contribution >= 0.6 is 23.2 Å². The molecule has 0 unspecified atom stereocenters. The highest BCUT2D eigenvalue weighted by Gasteiger charge is 2.08. The summed E-state index contributed by atoms with van der Waals surface area (Å²) >= 11 is 12.0. The summed E-state index contributed by atoms with van der Waals surface area (Å²) < 4.78 is 0. The topological polar surface area (TPSA) is 58.2 Å². The molecule has 0 aliphatic rings. The molecule has 2 rings (SSSR count). The summed E-state index contributed by atoms with van der Waals surface area (Å²) in [6.45, 7) is 1.85. The van der Waals surface area contributed by atoms with E-state index in [1.807, 2.05) is 6.92 Å². The van der Waals surface area contributed by atoms with Gasteiger partial charge in [0.1, 0.15) is 0 Å². The first kappa shape index (κ1) is 18.0. The van der Waals surface area contributed by atoms with E-state index in [9.17, 15) is 9.59 Å². The minimum absolute atomic E-state index is 0.216. The lowest BCUT2D eigenvalue weighted by Gasteiger charge is -2.09. The van der Waals surface area contributed by atoms with Gasteiger partial charge in [0.05, 0.1) is 10.0 Å². The summed E-state index contributed by atoms with van der Waals surface area (Å²) in [6.07, 6.45) is 2.95. The lowest BCUT2D eigenvalue weighted by atomic mass is 10.1. The van der Waals surface area contributed by atoms with Crippen molar-refractivity contribution >= 4 is 46.8 Å². The lowest BCUT2D eigenvalue weighted by molar-refractivity contribution is -0.111. The molecule has 0 atom stereocenters. The summed E-state index contributed by atoms with van der Waals surface area (Å²) in [5.41, 5.74) is 2.54. The fourth-order valence-corrected chi connectivity index (χ4v) is 2.40. The van der Waals surface area contributed by atoms with Crippen molar-refractivity contribution in [3.05, 3.63) is 69.2 Å². The van der Waals surface area contributed by atoms with Gasteiger partial charge in [-0.25, -0.2) is 0 Å². The molecule has 0 heterocycles. The number of benzene rings is 2. The molecule has 2 aromatic rings. The standard InChI is InChI=1S/C18H16Cl2N2O2/c1-11-6-7-13(18(24)21-2)10-15(11)22-16(23)9-8-12-4-3-5-14(19)17(12)20/h3-10H,1-2H3,(H,21,24)(H,22,23)/b9-8+. The normalized spacial score (nSPS) is 10.7. The first-order valence-electron chi connectivity index (χ1n) is 7.18. The van der Waals surface area contributed by atoms with Gasteiger partial charge in [-0.2, -0.15) is 0 Å². The van der Waals surface area contributed by atoms with Crippen molar-refractivity contribution < 1.29 is 9.59 Å². The largest absolute Gasteiger partial charge is 0.355 e. The molecule has 124 valence electrons. The first-order valence-corrected chi connectivity index (χ1v) is 7.93. The molecular formula is C18H16Cl2N2O2. The Morgan fingerprint density at radius 3 is 2.58 bits per heavy atom. The molecule has 0 spiro atoms. The zero-order valence-electron chi connectivity index (χ0n) is 13.2. The molecule has 0 radical (unpaired) electrons. The second kappa shape index (κ2) is 7.99. The highest BCUT2D eigenvalue weighted by atomic mass is 35.5. The second-order valence-corrected chi connectivity index (χ2v) is 5.86. The van der Waals surface area contributed by atoms with E-state index in [0.29, 0.717) is 26.9 Å². The number of hydrogen-bond acceptors (Lipinski definition) is 2. The number of aryl methyl sites for hydroxylation is 1. The van der Waals surface area contributed by atoms with Gasteiger partial charge in [-0.15, -0.1) is 0 Å². The number of carbonyl (C=O) groups is 2. The monoisotopic (exact) mass is 362 g/mol. The van der Waals surface area contributed by atoms with Gasteiger partial charge < -0.3 is 10.6 Å². The molecule has 0 aromatic heterocycles. The predicted octanol–water partition coefficient (Wildman–Crippen LogP) is 4.31. The fourth-order valence-electron chi connectivity index (χ4n) is 2.03. The molecule has 6 heteroatoms. The zero-order valence-corrected chi connectivity index (χ0v) is 14.7. The highest BCUT2D eigenvalue weighted by molar-refractivity contribution is 6.42. The van der Waals surface area contributed by atoms with Gasteiger partial charge in [-0.3, -0.25) is 9.59 Å². The van der Waals surface area contributed by atoms with Crippen molar-refractivity contribution in [3.63, 3.8) is 0 Å². The molecule has 0 aliphatic carbocycles. The third-order valence-corrected chi connectivity index (χ3v) is 4.21. The third-order valence-electron chi connectivity index (χ3n) is 3.38. The number of amides is 2. The van der Waals surface area contributed by atoms with Crippen LogP contribution in [0.2, 0.25) is 10.0 Å². The summed E-state index contributed by atoms with van der Waals surface area (Å²) in [5, 5.41) is 6.11. The molecule has 0 fully saturated rings. The first-order chi connectivity index (χ1) is 11.4. The van der Waals surface area contributed by atoms with Crippen LogP contribution in [0.3, 0.4) is 0 Å². The van der Waals surface area contributed by atoms with Crippen molar-refractivity contribution in [1.82, 2.24) is 5.32 Å². The van der Waals surface area contributed by atoms with Crippen LogP contribution in [-0.2, 0) is 4.79 Å². The van der Waals surface area contributed by atoms with Gasteiger partial charge in [0.15, 0.2) is 0 Å². The SMILES string of the molecule is CNC(=O)c1ccc(C)c(NC(=O)/C=C/c2cccc(Cl)c2Cl)c1. The smallest absolute Gasteiger partial charge is 0.251 e. The number of carbonyl (C=O) groups excluding carboxylic acids is 2. The third kappa shape index (κ3) is 4.37. The molecule has 2 N–H and O–H groups in total. The zero-order chi connectivity index (χ0) is 17.7. The molecular weight excluding hydrogens is 347 g/mol. The predicted molar refractivity (Wildman–Crippen MR) is 98.7 cm³/mol. The van der Waals surface area contributed by atoms with Crippen molar-refractivity contribution in [2.75, 3.05) is 12.4 Å². The van der Waals surface area contributed by atoms with E-state index in [0.717, 1.165) is 5.56 Å². The van der Waals surface area contributed by atoms with Gasteiger partial charge >= 0.3 is 0 Å². The molecule has 0 saturated heterocycles. The van der Waals surface area contributed by atoms with E-state index in [1.165, 1.54) is 6.08 Å². The van der Waals surface area contributed by atoms with Crippen molar-refractivity contribution in [2.45, 2.75) is 6.92 Å². The number of anilines is 1. The Morgan fingerprint density at radius 1 is 1.12 bits per heavy atom. The Bertz CT molecular complexity index is 817. The molecule has 0 aliphatic heterocycles. The number of hydrogen-bond donors (Lipinski definition) is 2. The Morgan fingerprint density at radius 2 is 1.88 bits per heavy atom. The Labute approximate surface area is 150 Å². The van der Waals surface area contributed by atoms with Gasteiger partial charge in [-0.1, -0.05) is 41.4 Å². The van der Waals surface area contributed by atoms with Crippen LogP contribution in [0, 0.1) is 6.92 Å². The van der Waals surface area contributed by atoms with Crippen molar-refractivity contribution in [2.24, 2.45) is 0 Å². The Hall–Kier alpha value is -2.30. The highest BCUT2D eigenvalue weighted by Crippen LogP contribution is 2.26. The van der Waals surface area contributed by atoms with E-state index >= 15 is 0 Å². The van der Waals surface area contributed by atoms with Crippen LogP contribution in [0.25, 0.3) is 6.08 Å². The van der Waals surface area contributed by atoms with Crippen molar-refractivity contribution in [1.29, 1.82) is 0 Å². The Balaban J connectivity index is 2.16. The molecule has 0 bridgehead atoms. The summed E-state index contributed by atoms with van der Waals surface area (Å²) in [4.78, 5) is 23.8. The van der Waals surface area contributed by atoms with E-state index < -0.39 is 0 Å². The molecule has 4 nitrogen and oxygen atoms in total. The minimum atomic E-state index is -0.330. The quantitative estimate of drug-likeness (QED) is 0.796. The van der Waals surface area contributed by atoms with Crippen LogP contribution in [-0.4, -0.2) is 18.9 Å². The van der Waals surface area contributed by atoms with Crippen LogP contribution in [0.1, 0.15) is 21.5 Å². The second-order valence-electron chi connectivity index (χ2n) is 5.07.